The van der Waals surface area contributed by atoms with E-state index in [0.29, 0.717) is 12.3 Å². The highest BCUT2D eigenvalue weighted by molar-refractivity contribution is 5.82. The van der Waals surface area contributed by atoms with E-state index < -0.39 is 0 Å². The van der Waals surface area contributed by atoms with Gasteiger partial charge in [0.25, 0.3) is 0 Å². The molecule has 1 atom stereocenters. The van der Waals surface area contributed by atoms with Crippen molar-refractivity contribution in [2.24, 2.45) is 0 Å². The van der Waals surface area contributed by atoms with Crippen LogP contribution >= 0.6 is 0 Å². The Morgan fingerprint density at radius 1 is 1.59 bits per heavy atom. The van der Waals surface area contributed by atoms with E-state index in [2.05, 4.69) is 4.98 Å². The average molecular weight is 233 g/mol. The summed E-state index contributed by atoms with van der Waals surface area (Å²) in [5, 5.41) is 0. The van der Waals surface area contributed by atoms with E-state index in [1.54, 1.807) is 36.9 Å². The quantitative estimate of drug-likeness (QED) is 0.647. The molecule has 0 saturated carbocycles. The number of hydrogen-bond acceptors (Lipinski definition) is 4. The van der Waals surface area contributed by atoms with Gasteiger partial charge in [0.2, 0.25) is 0 Å². The van der Waals surface area contributed by atoms with Crippen LogP contribution in [0, 0.1) is 0 Å². The first-order valence-corrected chi connectivity index (χ1v) is 5.52. The van der Waals surface area contributed by atoms with Crippen LogP contribution in [0.1, 0.15) is 19.9 Å². The highest BCUT2D eigenvalue weighted by Crippen LogP contribution is 2.20. The molecule has 0 aliphatic heterocycles. The molecule has 1 heterocycles. The van der Waals surface area contributed by atoms with E-state index in [1.807, 2.05) is 6.07 Å². The molecule has 2 rings (SSSR count). The standard InChI is InChI=1S/C12H15N3O2/c1-3-17-12(16)8(2)15-7-14-10-6-9(13)4-5-11(10)15/h4-8H,3,13H2,1-2H3. The Hall–Kier alpha value is -2.04. The Bertz CT molecular complexity index is 548. The lowest BCUT2D eigenvalue weighted by atomic mass is 10.2. The highest BCUT2D eigenvalue weighted by atomic mass is 16.5. The molecular weight excluding hydrogens is 218 g/mol. The lowest BCUT2D eigenvalue weighted by Crippen LogP contribution is -2.18. The number of carbonyl (C=O) groups excluding carboxylic acids is 1. The van der Waals surface area contributed by atoms with Crippen molar-refractivity contribution in [1.29, 1.82) is 0 Å². The molecule has 17 heavy (non-hydrogen) atoms. The molecule has 90 valence electrons. The predicted molar refractivity (Wildman–Crippen MR) is 65.5 cm³/mol. The molecule has 0 radical (unpaired) electrons. The lowest BCUT2D eigenvalue weighted by molar-refractivity contribution is -0.146. The van der Waals surface area contributed by atoms with Gasteiger partial charge < -0.3 is 15.0 Å². The minimum atomic E-state index is -0.386. The van der Waals surface area contributed by atoms with Gasteiger partial charge in [-0.25, -0.2) is 9.78 Å². The summed E-state index contributed by atoms with van der Waals surface area (Å²) in [6.07, 6.45) is 1.63. The molecule has 2 N–H and O–H groups in total. The number of hydrogen-bond donors (Lipinski definition) is 1. The summed E-state index contributed by atoms with van der Waals surface area (Å²) >= 11 is 0. The number of ether oxygens (including phenoxy) is 1. The van der Waals surface area contributed by atoms with Crippen molar-refractivity contribution in [1.82, 2.24) is 9.55 Å². The largest absolute Gasteiger partial charge is 0.464 e. The third-order valence-electron chi connectivity index (χ3n) is 2.64. The average Bonchev–Trinajstić information content (AvgIpc) is 2.71. The monoisotopic (exact) mass is 233 g/mol. The van der Waals surface area contributed by atoms with E-state index in [1.165, 1.54) is 0 Å². The number of fused-ring (bicyclic) bond motifs is 1. The molecule has 0 spiro atoms. The molecule has 0 bridgehead atoms. The Labute approximate surface area is 99.2 Å². The van der Waals surface area contributed by atoms with E-state index in [-0.39, 0.29) is 12.0 Å². The molecule has 0 aliphatic carbocycles. The number of anilines is 1. The van der Waals surface area contributed by atoms with Gasteiger partial charge in [-0.15, -0.1) is 0 Å². The summed E-state index contributed by atoms with van der Waals surface area (Å²) in [6, 6.07) is 5.04. The van der Waals surface area contributed by atoms with Gasteiger partial charge in [0.05, 0.1) is 24.0 Å². The second-order valence-electron chi connectivity index (χ2n) is 3.83. The summed E-state index contributed by atoms with van der Waals surface area (Å²) in [7, 11) is 0. The van der Waals surface area contributed by atoms with Gasteiger partial charge in [0, 0.05) is 5.69 Å². The highest BCUT2D eigenvalue weighted by Gasteiger charge is 2.17. The first-order chi connectivity index (χ1) is 8.13. The van der Waals surface area contributed by atoms with Gasteiger partial charge in [0.15, 0.2) is 0 Å². The van der Waals surface area contributed by atoms with Crippen LogP contribution in [0.2, 0.25) is 0 Å². The number of nitrogens with zero attached hydrogens (tertiary/aromatic N) is 2. The second-order valence-corrected chi connectivity index (χ2v) is 3.83. The fraction of sp³-hybridized carbons (Fsp3) is 0.333. The van der Waals surface area contributed by atoms with Crippen LogP contribution in [-0.4, -0.2) is 22.1 Å². The lowest BCUT2D eigenvalue weighted by Gasteiger charge is -2.12. The third-order valence-corrected chi connectivity index (χ3v) is 2.64. The summed E-state index contributed by atoms with van der Waals surface area (Å²) < 4.78 is 6.77. The van der Waals surface area contributed by atoms with Crippen molar-refractivity contribution in [2.75, 3.05) is 12.3 Å². The fourth-order valence-electron chi connectivity index (χ4n) is 1.73. The molecular formula is C12H15N3O2. The number of carbonyl (C=O) groups is 1. The smallest absolute Gasteiger partial charge is 0.328 e. The minimum Gasteiger partial charge on any atom is -0.464 e. The van der Waals surface area contributed by atoms with E-state index in [0.717, 1.165) is 11.0 Å². The number of rotatable bonds is 3. The number of imidazole rings is 1. The first-order valence-electron chi connectivity index (χ1n) is 5.52. The SMILES string of the molecule is CCOC(=O)C(C)n1cnc2cc(N)ccc21. The molecule has 1 aromatic heterocycles. The van der Waals surface area contributed by atoms with Crippen molar-refractivity contribution in [3.05, 3.63) is 24.5 Å². The van der Waals surface area contributed by atoms with Crippen LogP contribution in [-0.2, 0) is 9.53 Å². The Kier molecular flexibility index (Phi) is 2.99. The number of benzene rings is 1. The van der Waals surface area contributed by atoms with E-state index >= 15 is 0 Å². The predicted octanol–water partition coefficient (Wildman–Crippen LogP) is 1.74. The van der Waals surface area contributed by atoms with Gasteiger partial charge in [0.1, 0.15) is 6.04 Å². The van der Waals surface area contributed by atoms with Crippen molar-refractivity contribution in [3.63, 3.8) is 0 Å². The van der Waals surface area contributed by atoms with Crippen molar-refractivity contribution in [2.45, 2.75) is 19.9 Å². The number of aromatic nitrogens is 2. The second kappa shape index (κ2) is 4.45. The van der Waals surface area contributed by atoms with E-state index in [9.17, 15) is 4.79 Å². The first kappa shape index (κ1) is 11.4. The van der Waals surface area contributed by atoms with Crippen LogP contribution in [0.4, 0.5) is 5.69 Å². The Morgan fingerprint density at radius 3 is 3.06 bits per heavy atom. The van der Waals surface area contributed by atoms with Crippen LogP contribution in [0.5, 0.6) is 0 Å². The molecule has 5 heteroatoms. The van der Waals surface area contributed by atoms with Crippen LogP contribution < -0.4 is 5.73 Å². The zero-order chi connectivity index (χ0) is 12.4. The van der Waals surface area contributed by atoms with Crippen molar-refractivity contribution < 1.29 is 9.53 Å². The number of nitrogen functional groups attached to an aromatic ring is 1. The fourth-order valence-corrected chi connectivity index (χ4v) is 1.73. The Balaban J connectivity index is 2.39. The molecule has 1 unspecified atom stereocenters. The molecule has 0 amide bonds. The zero-order valence-corrected chi connectivity index (χ0v) is 9.88. The number of nitrogens with two attached hydrogens (primary N) is 1. The Morgan fingerprint density at radius 2 is 2.35 bits per heavy atom. The molecule has 5 nitrogen and oxygen atoms in total. The van der Waals surface area contributed by atoms with E-state index in [4.69, 9.17) is 10.5 Å². The van der Waals surface area contributed by atoms with Gasteiger partial charge in [-0.1, -0.05) is 0 Å². The van der Waals surface area contributed by atoms with Crippen LogP contribution in [0.3, 0.4) is 0 Å². The van der Waals surface area contributed by atoms with Gasteiger partial charge in [-0.3, -0.25) is 0 Å². The van der Waals surface area contributed by atoms with Crippen LogP contribution in [0.15, 0.2) is 24.5 Å². The summed E-state index contributed by atoms with van der Waals surface area (Å²) in [5.41, 5.74) is 7.99. The molecule has 0 fully saturated rings. The van der Waals surface area contributed by atoms with Gasteiger partial charge >= 0.3 is 5.97 Å². The van der Waals surface area contributed by atoms with Gasteiger partial charge in [-0.2, -0.15) is 0 Å². The van der Waals surface area contributed by atoms with Crippen molar-refractivity contribution >= 4 is 22.7 Å². The summed E-state index contributed by atoms with van der Waals surface area (Å²) in [5.74, 6) is -0.261. The van der Waals surface area contributed by atoms with Crippen molar-refractivity contribution in [3.8, 4) is 0 Å². The maximum atomic E-state index is 11.7. The topological polar surface area (TPSA) is 70.1 Å². The van der Waals surface area contributed by atoms with Gasteiger partial charge in [-0.05, 0) is 32.0 Å². The maximum absolute atomic E-state index is 11.7. The normalized spacial score (nSPS) is 12.6. The molecule has 0 saturated heterocycles. The summed E-state index contributed by atoms with van der Waals surface area (Å²) in [6.45, 7) is 3.95. The maximum Gasteiger partial charge on any atom is 0.328 e. The number of esters is 1. The molecule has 2 aromatic rings. The summed E-state index contributed by atoms with van der Waals surface area (Å²) in [4.78, 5) is 15.9. The minimum absolute atomic E-state index is 0.261. The molecule has 0 aliphatic rings. The molecule has 1 aromatic carbocycles. The third kappa shape index (κ3) is 2.08. The zero-order valence-electron chi connectivity index (χ0n) is 9.88. The van der Waals surface area contributed by atoms with Crippen LogP contribution in [0.25, 0.3) is 11.0 Å².